The van der Waals surface area contributed by atoms with E-state index in [9.17, 15) is 10.2 Å². The average Bonchev–Trinajstić information content (AvgIpc) is 3.11. The predicted octanol–water partition coefficient (Wildman–Crippen LogP) is 4.40. The van der Waals surface area contributed by atoms with E-state index in [0.717, 1.165) is 66.3 Å². The van der Waals surface area contributed by atoms with Crippen molar-refractivity contribution < 1.29 is 10.2 Å². The molecule has 0 aliphatic carbocycles. The molecule has 1 heterocycles. The summed E-state index contributed by atoms with van der Waals surface area (Å²) >= 11 is 0. The fourth-order valence-corrected chi connectivity index (χ4v) is 6.25. The van der Waals surface area contributed by atoms with Crippen LogP contribution in [0, 0.1) is 0 Å². The van der Waals surface area contributed by atoms with Gasteiger partial charge >= 0.3 is 0 Å². The van der Waals surface area contributed by atoms with Gasteiger partial charge in [0.25, 0.3) is 0 Å². The Morgan fingerprint density at radius 1 is 0.565 bits per heavy atom. The number of aliphatic imine (C=N–C) groups is 1. The van der Waals surface area contributed by atoms with Gasteiger partial charge in [-0.25, -0.2) is 0 Å². The topological polar surface area (TPSA) is 77.7 Å². The molecule has 218 valence electrons. The van der Waals surface area contributed by atoms with Crippen molar-refractivity contribution in [2.24, 2.45) is 4.99 Å². The molecule has 0 saturated heterocycles. The number of anilines is 2. The van der Waals surface area contributed by atoms with Crippen molar-refractivity contribution >= 4 is 84.7 Å². The number of phenolic OH excluding ortho intramolecular Hbond substituents is 2. The molecule has 0 bridgehead atoms. The summed E-state index contributed by atoms with van der Waals surface area (Å²) in [4.78, 5) is 9.19. The number of aromatic nitrogens is 1. The Labute approximate surface area is 270 Å². The number of nitrogens with zero attached hydrogens (tertiary/aromatic N) is 2. The summed E-state index contributed by atoms with van der Waals surface area (Å²) in [7, 11) is 5.53. The molecule has 8 heteroatoms. The molecule has 0 radical (unpaired) electrons. The predicted molar refractivity (Wildman–Crippen MR) is 201 cm³/mol. The summed E-state index contributed by atoms with van der Waals surface area (Å²) in [6.45, 7) is 0. The number of pyridine rings is 1. The van der Waals surface area contributed by atoms with Crippen LogP contribution in [-0.4, -0.2) is 45.0 Å². The Balaban J connectivity index is 1.34. The van der Waals surface area contributed by atoms with Crippen LogP contribution in [0.5, 0.6) is 11.5 Å². The van der Waals surface area contributed by atoms with E-state index in [1.807, 2.05) is 62.9 Å². The molecule has 0 aliphatic rings. The fraction of sp³-hybridized carbons (Fsp3) is 0. The summed E-state index contributed by atoms with van der Waals surface area (Å²) in [5.74, 6) is -0.199. The first-order valence-electron chi connectivity index (χ1n) is 15.3. The number of hydrogen-bond donors (Lipinski definition) is 3. The summed E-state index contributed by atoms with van der Waals surface area (Å²) in [5.41, 5.74) is 10.1. The number of aromatic hydroxyl groups is 2. The standard InChI is InChI=1S/C38H30B3N3O2/c39-33-34(40)37(45)38(46)35(41)36(33)44-31-12-6-5-11-30(31)43-21-29-25-7-1-3-9-27(25)32(28-10-4-2-8-26(28)29)24-15-13-22(14-16-24)23-17-19-42-20-18-23/h1-21,44-46H,39-41H2/b43-21+. The van der Waals surface area contributed by atoms with Crippen molar-refractivity contribution in [2.45, 2.75) is 0 Å². The van der Waals surface area contributed by atoms with Crippen LogP contribution in [0.25, 0.3) is 43.8 Å². The van der Waals surface area contributed by atoms with Crippen LogP contribution in [0.3, 0.4) is 0 Å². The van der Waals surface area contributed by atoms with Gasteiger partial charge in [-0.1, -0.05) is 90.4 Å². The molecule has 7 aromatic rings. The lowest BCUT2D eigenvalue weighted by atomic mass is 9.74. The Bertz CT molecular complexity index is 2200. The third-order valence-electron chi connectivity index (χ3n) is 8.90. The molecule has 0 unspecified atom stereocenters. The maximum absolute atomic E-state index is 10.5. The zero-order valence-corrected chi connectivity index (χ0v) is 25.9. The van der Waals surface area contributed by atoms with Crippen LogP contribution in [-0.2, 0) is 0 Å². The van der Waals surface area contributed by atoms with Gasteiger partial charge < -0.3 is 15.5 Å². The monoisotopic (exact) mass is 593 g/mol. The van der Waals surface area contributed by atoms with Gasteiger partial charge in [0, 0.05) is 29.9 Å². The van der Waals surface area contributed by atoms with Crippen LogP contribution in [0.4, 0.5) is 17.1 Å². The first kappa shape index (κ1) is 29.0. The smallest absolute Gasteiger partial charge is 0.152 e. The van der Waals surface area contributed by atoms with E-state index in [1.54, 1.807) is 15.7 Å². The van der Waals surface area contributed by atoms with Crippen molar-refractivity contribution in [1.29, 1.82) is 0 Å². The highest BCUT2D eigenvalue weighted by Gasteiger charge is 2.17. The van der Waals surface area contributed by atoms with Gasteiger partial charge in [0.1, 0.15) is 29.3 Å². The number of benzene rings is 6. The molecule has 6 aromatic carbocycles. The first-order chi connectivity index (χ1) is 22.4. The highest BCUT2D eigenvalue weighted by Crippen LogP contribution is 2.40. The minimum Gasteiger partial charge on any atom is -0.505 e. The highest BCUT2D eigenvalue weighted by molar-refractivity contribution is 6.56. The third kappa shape index (κ3) is 5.08. The number of nitrogens with one attached hydrogen (secondary N) is 1. The van der Waals surface area contributed by atoms with Crippen molar-refractivity contribution in [2.75, 3.05) is 5.32 Å². The van der Waals surface area contributed by atoms with E-state index in [-0.39, 0.29) is 11.5 Å². The fourth-order valence-electron chi connectivity index (χ4n) is 6.25. The molecule has 0 spiro atoms. The lowest BCUT2D eigenvalue weighted by Gasteiger charge is -2.19. The van der Waals surface area contributed by atoms with E-state index in [0.29, 0.717) is 10.9 Å². The molecule has 0 saturated carbocycles. The molecule has 0 atom stereocenters. The summed E-state index contributed by atoms with van der Waals surface area (Å²) < 4.78 is 0. The number of phenols is 2. The summed E-state index contributed by atoms with van der Waals surface area (Å²) in [6.07, 6.45) is 5.60. The van der Waals surface area contributed by atoms with E-state index >= 15 is 0 Å². The van der Waals surface area contributed by atoms with Crippen molar-refractivity contribution in [3.05, 3.63) is 127 Å². The zero-order valence-electron chi connectivity index (χ0n) is 25.9. The Morgan fingerprint density at radius 2 is 1.09 bits per heavy atom. The number of fused-ring (bicyclic) bond motifs is 2. The summed E-state index contributed by atoms with van der Waals surface area (Å²) in [5, 5.41) is 28.9. The Morgan fingerprint density at radius 3 is 1.74 bits per heavy atom. The lowest BCUT2D eigenvalue weighted by Crippen LogP contribution is -2.34. The van der Waals surface area contributed by atoms with Gasteiger partial charge in [0.2, 0.25) is 0 Å². The first-order valence-corrected chi connectivity index (χ1v) is 15.3. The third-order valence-corrected chi connectivity index (χ3v) is 8.90. The second-order valence-electron chi connectivity index (χ2n) is 11.5. The van der Waals surface area contributed by atoms with E-state index in [1.165, 1.54) is 5.56 Å². The SMILES string of the molecule is Bc1c(B)c(Nc2ccccc2/N=C/c2c3ccccc3c(-c3ccc(-c4ccncc4)cc3)c3ccccc23)c(B)c(O)c1O. The largest absolute Gasteiger partial charge is 0.505 e. The average molecular weight is 593 g/mol. The van der Waals surface area contributed by atoms with Gasteiger partial charge in [0.05, 0.1) is 11.4 Å². The normalized spacial score (nSPS) is 11.4. The van der Waals surface area contributed by atoms with E-state index < -0.39 is 0 Å². The minimum absolute atomic E-state index is 0.0845. The second kappa shape index (κ2) is 12.0. The molecule has 46 heavy (non-hydrogen) atoms. The molecular weight excluding hydrogens is 563 g/mol. The van der Waals surface area contributed by atoms with Crippen LogP contribution in [0.1, 0.15) is 5.56 Å². The van der Waals surface area contributed by atoms with Crippen LogP contribution < -0.4 is 21.7 Å². The van der Waals surface area contributed by atoms with Crippen LogP contribution >= 0.6 is 0 Å². The molecular formula is C38H30B3N3O2. The van der Waals surface area contributed by atoms with E-state index in [4.69, 9.17) is 4.99 Å². The maximum atomic E-state index is 10.5. The van der Waals surface area contributed by atoms with Gasteiger partial charge in [-0.2, -0.15) is 0 Å². The molecule has 0 fully saturated rings. The number of para-hydroxylation sites is 2. The van der Waals surface area contributed by atoms with Gasteiger partial charge in [-0.3, -0.25) is 9.98 Å². The Kier molecular flexibility index (Phi) is 7.55. The highest BCUT2D eigenvalue weighted by atomic mass is 16.3. The molecule has 1 aromatic heterocycles. The molecule has 0 amide bonds. The van der Waals surface area contributed by atoms with Gasteiger partial charge in [-0.05, 0) is 79.0 Å². The van der Waals surface area contributed by atoms with Crippen LogP contribution in [0.2, 0.25) is 0 Å². The number of hydrogen-bond acceptors (Lipinski definition) is 5. The molecule has 0 aliphatic heterocycles. The zero-order chi connectivity index (χ0) is 31.8. The molecule has 7 rings (SSSR count). The maximum Gasteiger partial charge on any atom is 0.152 e. The van der Waals surface area contributed by atoms with Crippen molar-refractivity contribution in [3.63, 3.8) is 0 Å². The minimum atomic E-state index is -0.114. The van der Waals surface area contributed by atoms with E-state index in [2.05, 4.69) is 83.1 Å². The van der Waals surface area contributed by atoms with Crippen molar-refractivity contribution in [3.8, 4) is 33.8 Å². The lowest BCUT2D eigenvalue weighted by molar-refractivity contribution is 0.410. The molecule has 3 N–H and O–H groups in total. The second-order valence-corrected chi connectivity index (χ2v) is 11.5. The quantitative estimate of drug-likeness (QED) is 0.0879. The number of rotatable bonds is 6. The van der Waals surface area contributed by atoms with Gasteiger partial charge in [0.15, 0.2) is 5.75 Å². The Hall–Kier alpha value is -5.75. The van der Waals surface area contributed by atoms with Crippen LogP contribution in [0.15, 0.2) is 127 Å². The summed E-state index contributed by atoms with van der Waals surface area (Å²) in [6, 6.07) is 37.7. The van der Waals surface area contributed by atoms with Gasteiger partial charge in [-0.15, -0.1) is 0 Å². The van der Waals surface area contributed by atoms with Crippen molar-refractivity contribution in [1.82, 2.24) is 4.98 Å². The molecule has 5 nitrogen and oxygen atoms in total.